The summed E-state index contributed by atoms with van der Waals surface area (Å²) >= 11 is 0. The lowest BCUT2D eigenvalue weighted by Gasteiger charge is -2.09. The molecule has 0 bridgehead atoms. The maximum atomic E-state index is 11.3. The molecule has 0 aliphatic rings. The maximum absolute atomic E-state index is 11.3. The monoisotopic (exact) mass is 252 g/mol. The van der Waals surface area contributed by atoms with Crippen molar-refractivity contribution in [2.24, 2.45) is 0 Å². The topological polar surface area (TPSA) is 43.6 Å². The van der Waals surface area contributed by atoms with Crippen LogP contribution in [0.3, 0.4) is 0 Å². The molecule has 0 radical (unpaired) electrons. The Morgan fingerprint density at radius 1 is 1.26 bits per heavy atom. The van der Waals surface area contributed by atoms with Crippen molar-refractivity contribution in [3.05, 3.63) is 54.4 Å². The van der Waals surface area contributed by atoms with Crippen LogP contribution in [0.25, 0.3) is 16.9 Å². The van der Waals surface area contributed by atoms with Crippen molar-refractivity contribution in [1.82, 2.24) is 9.38 Å². The fraction of sp³-hybridized carbons (Fsp3) is 0.0667. The number of nitrogens with zero attached hydrogens (tertiary/aromatic N) is 2. The summed E-state index contributed by atoms with van der Waals surface area (Å²) in [6.07, 6.45) is 4.46. The summed E-state index contributed by atoms with van der Waals surface area (Å²) in [6.45, 7) is 0. The van der Waals surface area contributed by atoms with Crippen molar-refractivity contribution in [2.45, 2.75) is 0 Å². The summed E-state index contributed by atoms with van der Waals surface area (Å²) in [7, 11) is 1.58. The van der Waals surface area contributed by atoms with Gasteiger partial charge in [0, 0.05) is 23.5 Å². The van der Waals surface area contributed by atoms with Crippen LogP contribution in [-0.4, -0.2) is 22.8 Å². The van der Waals surface area contributed by atoms with Crippen molar-refractivity contribution in [2.75, 3.05) is 7.11 Å². The van der Waals surface area contributed by atoms with Crippen LogP contribution in [0.4, 0.5) is 0 Å². The Morgan fingerprint density at radius 2 is 2.16 bits per heavy atom. The van der Waals surface area contributed by atoms with E-state index in [9.17, 15) is 4.79 Å². The van der Waals surface area contributed by atoms with Gasteiger partial charge < -0.3 is 4.74 Å². The molecule has 3 rings (SSSR count). The molecule has 0 fully saturated rings. The number of methoxy groups -OCH3 is 1. The number of rotatable bonds is 3. The lowest BCUT2D eigenvalue weighted by molar-refractivity contribution is 0.112. The highest BCUT2D eigenvalue weighted by atomic mass is 16.5. The van der Waals surface area contributed by atoms with Gasteiger partial charge in [-0.3, -0.25) is 9.20 Å². The number of ether oxygens (including phenoxy) is 1. The molecule has 2 aromatic heterocycles. The van der Waals surface area contributed by atoms with Gasteiger partial charge >= 0.3 is 0 Å². The largest absolute Gasteiger partial charge is 0.497 e. The summed E-state index contributed by atoms with van der Waals surface area (Å²) in [5.41, 5.74) is 3.24. The Labute approximate surface area is 110 Å². The van der Waals surface area contributed by atoms with Crippen LogP contribution in [0.1, 0.15) is 10.4 Å². The number of imidazole rings is 1. The Hall–Kier alpha value is -2.62. The first-order valence-electron chi connectivity index (χ1n) is 5.89. The summed E-state index contributed by atoms with van der Waals surface area (Å²) < 4.78 is 7.10. The number of fused-ring (bicyclic) bond motifs is 1. The van der Waals surface area contributed by atoms with E-state index in [1.165, 1.54) is 0 Å². The highest BCUT2D eigenvalue weighted by Crippen LogP contribution is 2.26. The van der Waals surface area contributed by atoms with Gasteiger partial charge in [-0.15, -0.1) is 0 Å². The fourth-order valence-corrected chi connectivity index (χ4v) is 2.17. The number of benzene rings is 1. The molecule has 1 aromatic carbocycles. The van der Waals surface area contributed by atoms with E-state index in [1.807, 2.05) is 40.9 Å². The highest BCUT2D eigenvalue weighted by Gasteiger charge is 2.09. The highest BCUT2D eigenvalue weighted by molar-refractivity contribution is 5.87. The van der Waals surface area contributed by atoms with E-state index in [-0.39, 0.29) is 0 Å². The SMILES string of the molecule is COc1ccc(-c2cccc3nccn23)c(C=O)c1. The standard InChI is InChI=1S/C15H12N2O2/c1-19-12-5-6-13(11(9-12)10-18)14-3-2-4-15-16-7-8-17(14)15/h2-10H,1H3. The van der Waals surface area contributed by atoms with Crippen molar-refractivity contribution in [3.8, 4) is 17.0 Å². The first-order chi connectivity index (χ1) is 9.33. The molecular weight excluding hydrogens is 240 g/mol. The van der Waals surface area contributed by atoms with Gasteiger partial charge in [-0.25, -0.2) is 4.98 Å². The van der Waals surface area contributed by atoms with Crippen LogP contribution >= 0.6 is 0 Å². The molecule has 0 amide bonds. The molecule has 0 aliphatic heterocycles. The van der Waals surface area contributed by atoms with Crippen LogP contribution in [0, 0.1) is 0 Å². The van der Waals surface area contributed by atoms with Crippen LogP contribution in [0.2, 0.25) is 0 Å². The van der Waals surface area contributed by atoms with Crippen molar-refractivity contribution >= 4 is 11.9 Å². The Bertz CT molecular complexity index is 747. The number of aldehydes is 1. The maximum Gasteiger partial charge on any atom is 0.150 e. The van der Waals surface area contributed by atoms with Crippen molar-refractivity contribution in [1.29, 1.82) is 0 Å². The van der Waals surface area contributed by atoms with Crippen LogP contribution in [0.5, 0.6) is 5.75 Å². The van der Waals surface area contributed by atoms with E-state index in [0.717, 1.165) is 23.2 Å². The molecule has 0 spiro atoms. The minimum absolute atomic E-state index is 0.598. The van der Waals surface area contributed by atoms with Gasteiger partial charge in [-0.1, -0.05) is 6.07 Å². The summed E-state index contributed by atoms with van der Waals surface area (Å²) in [5.74, 6) is 0.670. The molecule has 2 heterocycles. The molecule has 0 atom stereocenters. The predicted molar refractivity (Wildman–Crippen MR) is 72.6 cm³/mol. The second-order valence-electron chi connectivity index (χ2n) is 4.14. The second kappa shape index (κ2) is 4.57. The van der Waals surface area contributed by atoms with Gasteiger partial charge in [0.2, 0.25) is 0 Å². The predicted octanol–water partition coefficient (Wildman–Crippen LogP) is 2.82. The van der Waals surface area contributed by atoms with Gasteiger partial charge in [0.15, 0.2) is 6.29 Å². The third-order valence-corrected chi connectivity index (χ3v) is 3.09. The second-order valence-corrected chi connectivity index (χ2v) is 4.14. The van der Waals surface area contributed by atoms with E-state index < -0.39 is 0 Å². The fourth-order valence-electron chi connectivity index (χ4n) is 2.17. The smallest absolute Gasteiger partial charge is 0.150 e. The van der Waals surface area contributed by atoms with E-state index in [4.69, 9.17) is 4.74 Å². The average Bonchev–Trinajstić information content (AvgIpc) is 2.95. The number of hydrogen-bond donors (Lipinski definition) is 0. The molecule has 0 aliphatic carbocycles. The molecule has 0 saturated carbocycles. The van der Waals surface area contributed by atoms with E-state index in [1.54, 1.807) is 19.4 Å². The number of carbonyl (C=O) groups is 1. The summed E-state index contributed by atoms with van der Waals surface area (Å²) in [6, 6.07) is 11.3. The van der Waals surface area contributed by atoms with Crippen molar-refractivity contribution in [3.63, 3.8) is 0 Å². The minimum atomic E-state index is 0.598. The molecule has 19 heavy (non-hydrogen) atoms. The quantitative estimate of drug-likeness (QED) is 0.673. The average molecular weight is 252 g/mol. The zero-order valence-corrected chi connectivity index (χ0v) is 10.4. The van der Waals surface area contributed by atoms with Crippen LogP contribution in [-0.2, 0) is 0 Å². The molecule has 94 valence electrons. The first kappa shape index (κ1) is 11.5. The van der Waals surface area contributed by atoms with E-state index in [2.05, 4.69) is 4.98 Å². The zero-order chi connectivity index (χ0) is 13.2. The van der Waals surface area contributed by atoms with Crippen LogP contribution < -0.4 is 4.74 Å². The van der Waals surface area contributed by atoms with Gasteiger partial charge in [0.1, 0.15) is 11.4 Å². The van der Waals surface area contributed by atoms with Gasteiger partial charge in [0.05, 0.1) is 12.8 Å². The van der Waals surface area contributed by atoms with Gasteiger partial charge in [-0.05, 0) is 30.3 Å². The van der Waals surface area contributed by atoms with Crippen molar-refractivity contribution < 1.29 is 9.53 Å². The Morgan fingerprint density at radius 3 is 2.95 bits per heavy atom. The van der Waals surface area contributed by atoms with E-state index in [0.29, 0.717) is 11.3 Å². The zero-order valence-electron chi connectivity index (χ0n) is 10.4. The molecule has 0 unspecified atom stereocenters. The third-order valence-electron chi connectivity index (χ3n) is 3.09. The lowest BCUT2D eigenvalue weighted by Crippen LogP contribution is -1.95. The van der Waals surface area contributed by atoms with Crippen LogP contribution in [0.15, 0.2) is 48.8 Å². The molecule has 4 heteroatoms. The number of pyridine rings is 1. The summed E-state index contributed by atoms with van der Waals surface area (Å²) in [4.78, 5) is 15.5. The normalized spacial score (nSPS) is 10.6. The summed E-state index contributed by atoms with van der Waals surface area (Å²) in [5, 5.41) is 0. The molecule has 0 N–H and O–H groups in total. The lowest BCUT2D eigenvalue weighted by atomic mass is 10.0. The number of hydrogen-bond acceptors (Lipinski definition) is 3. The van der Waals surface area contributed by atoms with Gasteiger partial charge in [0.25, 0.3) is 0 Å². The Balaban J connectivity index is 2.26. The molecular formula is C15H12N2O2. The molecule has 0 saturated heterocycles. The minimum Gasteiger partial charge on any atom is -0.497 e. The first-order valence-corrected chi connectivity index (χ1v) is 5.89. The number of carbonyl (C=O) groups excluding carboxylic acids is 1. The number of aromatic nitrogens is 2. The molecule has 3 aromatic rings. The third kappa shape index (κ3) is 1.87. The van der Waals surface area contributed by atoms with E-state index >= 15 is 0 Å². The Kier molecular flexibility index (Phi) is 2.76. The molecule has 4 nitrogen and oxygen atoms in total. The van der Waals surface area contributed by atoms with Gasteiger partial charge in [-0.2, -0.15) is 0 Å².